The van der Waals surface area contributed by atoms with Gasteiger partial charge in [0, 0.05) is 12.1 Å². The molecule has 4 rings (SSSR count). The van der Waals surface area contributed by atoms with E-state index < -0.39 is 11.4 Å². The highest BCUT2D eigenvalue weighted by Crippen LogP contribution is 2.16. The maximum Gasteiger partial charge on any atom is 0.266 e. The average molecular weight is 450 g/mol. The Balaban J connectivity index is 1.61. The number of carbonyl (C=O) groups excluding carboxylic acids is 1. The van der Waals surface area contributed by atoms with Crippen LogP contribution in [0.25, 0.3) is 16.6 Å². The van der Waals surface area contributed by atoms with Crippen molar-refractivity contribution in [2.45, 2.75) is 13.5 Å². The molecule has 3 aromatic carbocycles. The molecule has 162 valence electrons. The van der Waals surface area contributed by atoms with E-state index in [1.54, 1.807) is 18.2 Å². The first-order valence-corrected chi connectivity index (χ1v) is 10.4. The molecule has 1 aromatic heterocycles. The van der Waals surface area contributed by atoms with Crippen LogP contribution in [-0.2, 0) is 6.54 Å². The summed E-state index contributed by atoms with van der Waals surface area (Å²) < 4.78 is 20.8. The summed E-state index contributed by atoms with van der Waals surface area (Å²) in [7, 11) is 0. The fourth-order valence-electron chi connectivity index (χ4n) is 3.41. The minimum absolute atomic E-state index is 0.0397. The number of amides is 1. The molecule has 6 nitrogen and oxygen atoms in total. The number of rotatable bonds is 6. The predicted octanol–water partition coefficient (Wildman–Crippen LogP) is 4.52. The lowest BCUT2D eigenvalue weighted by Gasteiger charge is -2.11. The Morgan fingerprint density at radius 3 is 2.72 bits per heavy atom. The third kappa shape index (κ3) is 4.31. The molecule has 0 saturated heterocycles. The second-order valence-corrected chi connectivity index (χ2v) is 7.43. The molecule has 0 bridgehead atoms. The van der Waals surface area contributed by atoms with Gasteiger partial charge in [-0.25, -0.2) is 8.96 Å². The Labute approximate surface area is 188 Å². The van der Waals surface area contributed by atoms with E-state index in [1.807, 2.05) is 31.2 Å². The fraction of sp³-hybridized carbons (Fsp3) is 0.125. The third-order valence-electron chi connectivity index (χ3n) is 4.92. The molecular weight excluding hydrogens is 429 g/mol. The summed E-state index contributed by atoms with van der Waals surface area (Å²) in [5.74, 6) is -0.118. The number of aromatic nitrogens is 2. The van der Waals surface area contributed by atoms with E-state index in [1.165, 1.54) is 24.3 Å². The van der Waals surface area contributed by atoms with Gasteiger partial charge in [0.25, 0.3) is 11.5 Å². The van der Waals surface area contributed by atoms with Crippen molar-refractivity contribution in [3.8, 4) is 11.4 Å². The molecule has 32 heavy (non-hydrogen) atoms. The molecule has 2 N–H and O–H groups in total. The molecular formula is C24H20FN3O3S. The molecule has 0 aliphatic carbocycles. The van der Waals surface area contributed by atoms with Crippen LogP contribution in [0.2, 0.25) is 0 Å². The number of nitrogens with zero attached hydrogens (tertiary/aromatic N) is 1. The van der Waals surface area contributed by atoms with E-state index in [-0.39, 0.29) is 16.4 Å². The zero-order valence-electron chi connectivity index (χ0n) is 17.2. The Bertz CT molecular complexity index is 1430. The molecule has 0 saturated carbocycles. The molecule has 0 atom stereocenters. The molecule has 1 heterocycles. The van der Waals surface area contributed by atoms with Gasteiger partial charge in [0.15, 0.2) is 4.77 Å². The van der Waals surface area contributed by atoms with Crippen molar-refractivity contribution in [2.24, 2.45) is 0 Å². The van der Waals surface area contributed by atoms with Crippen molar-refractivity contribution in [3.63, 3.8) is 0 Å². The number of ether oxygens (including phenoxy) is 1. The van der Waals surface area contributed by atoms with Crippen molar-refractivity contribution in [2.75, 3.05) is 6.61 Å². The third-order valence-corrected chi connectivity index (χ3v) is 5.20. The predicted molar refractivity (Wildman–Crippen MR) is 123 cm³/mol. The SMILES string of the molecule is CCOc1cccc(CNC(=O)c2ccc3c(=O)n(-c4ccccc4F)c(=S)[nH]c3c2)c1. The summed E-state index contributed by atoms with van der Waals surface area (Å²) in [4.78, 5) is 28.6. The smallest absolute Gasteiger partial charge is 0.266 e. The van der Waals surface area contributed by atoms with Crippen LogP contribution < -0.4 is 15.6 Å². The molecule has 0 radical (unpaired) electrons. The van der Waals surface area contributed by atoms with Crippen molar-refractivity contribution < 1.29 is 13.9 Å². The number of para-hydroxylation sites is 1. The second kappa shape index (κ2) is 9.15. The maximum atomic E-state index is 14.2. The van der Waals surface area contributed by atoms with Crippen molar-refractivity contribution in [1.82, 2.24) is 14.9 Å². The highest BCUT2D eigenvalue weighted by molar-refractivity contribution is 7.71. The number of halogens is 1. The van der Waals surface area contributed by atoms with Gasteiger partial charge >= 0.3 is 0 Å². The average Bonchev–Trinajstić information content (AvgIpc) is 2.79. The summed E-state index contributed by atoms with van der Waals surface area (Å²) >= 11 is 5.29. The lowest BCUT2D eigenvalue weighted by atomic mass is 10.1. The van der Waals surface area contributed by atoms with Crippen molar-refractivity contribution >= 4 is 29.0 Å². The van der Waals surface area contributed by atoms with Crippen LogP contribution in [-0.4, -0.2) is 22.1 Å². The van der Waals surface area contributed by atoms with Gasteiger partial charge in [-0.1, -0.05) is 24.3 Å². The normalized spacial score (nSPS) is 10.8. The zero-order chi connectivity index (χ0) is 22.7. The molecule has 0 spiro atoms. The van der Waals surface area contributed by atoms with E-state index in [0.717, 1.165) is 15.9 Å². The molecule has 0 aliphatic rings. The fourth-order valence-corrected chi connectivity index (χ4v) is 3.70. The van der Waals surface area contributed by atoms with Gasteiger partial charge in [-0.15, -0.1) is 0 Å². The van der Waals surface area contributed by atoms with Gasteiger partial charge in [-0.2, -0.15) is 0 Å². The lowest BCUT2D eigenvalue weighted by molar-refractivity contribution is 0.0951. The highest BCUT2D eigenvalue weighted by atomic mass is 32.1. The van der Waals surface area contributed by atoms with Gasteiger partial charge in [-0.3, -0.25) is 9.59 Å². The quantitative estimate of drug-likeness (QED) is 0.425. The van der Waals surface area contributed by atoms with E-state index in [2.05, 4.69) is 10.3 Å². The number of H-pyrrole nitrogens is 1. The molecule has 4 aromatic rings. The van der Waals surface area contributed by atoms with Crippen LogP contribution in [0.15, 0.2) is 71.5 Å². The van der Waals surface area contributed by atoms with Crippen LogP contribution in [0.5, 0.6) is 5.75 Å². The monoisotopic (exact) mass is 449 g/mol. The number of nitrogens with one attached hydrogen (secondary N) is 2. The Kier molecular flexibility index (Phi) is 6.13. The summed E-state index contributed by atoms with van der Waals surface area (Å²) in [6.07, 6.45) is 0. The summed E-state index contributed by atoms with van der Waals surface area (Å²) in [6, 6.07) is 18.0. The first-order chi connectivity index (χ1) is 15.5. The van der Waals surface area contributed by atoms with Crippen LogP contribution in [0.1, 0.15) is 22.8 Å². The molecule has 0 aliphatic heterocycles. The largest absolute Gasteiger partial charge is 0.494 e. The second-order valence-electron chi connectivity index (χ2n) is 7.05. The van der Waals surface area contributed by atoms with Crippen molar-refractivity contribution in [3.05, 3.63) is 98.8 Å². The molecule has 0 fully saturated rings. The minimum atomic E-state index is -0.558. The summed E-state index contributed by atoms with van der Waals surface area (Å²) in [6.45, 7) is 2.79. The van der Waals surface area contributed by atoms with Crippen LogP contribution in [0, 0.1) is 10.6 Å². The van der Waals surface area contributed by atoms with Gasteiger partial charge in [0.05, 0.1) is 23.2 Å². The van der Waals surface area contributed by atoms with Crippen LogP contribution in [0.3, 0.4) is 0 Å². The first kappa shape index (κ1) is 21.5. The van der Waals surface area contributed by atoms with E-state index in [9.17, 15) is 14.0 Å². The Morgan fingerprint density at radius 2 is 1.94 bits per heavy atom. The zero-order valence-corrected chi connectivity index (χ0v) is 18.0. The first-order valence-electron chi connectivity index (χ1n) is 10.0. The summed E-state index contributed by atoms with van der Waals surface area (Å²) in [5, 5.41) is 3.15. The van der Waals surface area contributed by atoms with Gasteiger partial charge in [0.2, 0.25) is 0 Å². The van der Waals surface area contributed by atoms with E-state index in [0.29, 0.717) is 29.6 Å². The molecule has 0 unspecified atom stereocenters. The Hall–Kier alpha value is -3.78. The number of benzene rings is 3. The van der Waals surface area contributed by atoms with Gasteiger partial charge in [0.1, 0.15) is 11.6 Å². The number of hydrogen-bond acceptors (Lipinski definition) is 4. The molecule has 8 heteroatoms. The van der Waals surface area contributed by atoms with Gasteiger partial charge in [-0.05, 0) is 67.2 Å². The van der Waals surface area contributed by atoms with Crippen molar-refractivity contribution in [1.29, 1.82) is 0 Å². The minimum Gasteiger partial charge on any atom is -0.494 e. The number of hydrogen-bond donors (Lipinski definition) is 2. The Morgan fingerprint density at radius 1 is 1.12 bits per heavy atom. The van der Waals surface area contributed by atoms with E-state index in [4.69, 9.17) is 17.0 Å². The topological polar surface area (TPSA) is 76.1 Å². The highest BCUT2D eigenvalue weighted by Gasteiger charge is 2.13. The van der Waals surface area contributed by atoms with Crippen LogP contribution >= 0.6 is 12.2 Å². The number of aromatic amines is 1. The number of carbonyl (C=O) groups is 1. The lowest BCUT2D eigenvalue weighted by Crippen LogP contribution is -2.24. The van der Waals surface area contributed by atoms with Gasteiger partial charge < -0.3 is 15.0 Å². The number of fused-ring (bicyclic) bond motifs is 1. The summed E-state index contributed by atoms with van der Waals surface area (Å²) in [5.41, 5.74) is 1.27. The standard InChI is InChI=1S/C24H20FN3O3S/c1-2-31-17-7-5-6-15(12-17)14-26-22(29)16-10-11-18-20(13-16)27-24(32)28(23(18)30)21-9-4-3-8-19(21)25/h3-13H,2,14H2,1H3,(H,26,29)(H,27,32). The van der Waals surface area contributed by atoms with Crippen LogP contribution in [0.4, 0.5) is 4.39 Å². The molecule has 1 amide bonds. The van der Waals surface area contributed by atoms with E-state index >= 15 is 0 Å². The maximum absolute atomic E-state index is 14.2.